The van der Waals surface area contributed by atoms with Crippen LogP contribution in [-0.4, -0.2) is 0 Å². The highest BCUT2D eigenvalue weighted by Crippen LogP contribution is 2.52. The number of para-hydroxylation sites is 1. The van der Waals surface area contributed by atoms with Crippen molar-refractivity contribution in [1.29, 1.82) is 0 Å². The highest BCUT2D eigenvalue weighted by Gasteiger charge is 2.26. The second-order valence-electron chi connectivity index (χ2n) is 13.0. The van der Waals surface area contributed by atoms with E-state index in [1.54, 1.807) is 11.3 Å². The van der Waals surface area contributed by atoms with E-state index in [4.69, 9.17) is 8.83 Å². The molecule has 48 heavy (non-hydrogen) atoms. The summed E-state index contributed by atoms with van der Waals surface area (Å²) in [5.41, 5.74) is 8.77. The average Bonchev–Trinajstić information content (AvgIpc) is 3.83. The smallest absolute Gasteiger partial charge is 0.153 e. The normalized spacial score (nSPS) is 12.1. The predicted molar refractivity (Wildman–Crippen MR) is 204 cm³/mol. The van der Waals surface area contributed by atoms with Gasteiger partial charge in [-0.1, -0.05) is 123 Å². The standard InChI is InChI=1S/C45H30O2S/c1-26(2)27-22-23-34-38(24-27)47-45(40-25-28-12-3-10-21-39(28)48-40)44(34)43-31-15-6-4-13-29(31)41(30-14-5-7-16-32(30)43)35-18-11-20-37-42(35)33-17-8-9-19-36(33)46-37/h3-26H,1-2H3. The van der Waals surface area contributed by atoms with Crippen LogP contribution in [-0.2, 0) is 0 Å². The van der Waals surface area contributed by atoms with Gasteiger partial charge in [0.2, 0.25) is 0 Å². The maximum Gasteiger partial charge on any atom is 0.153 e. The fraction of sp³-hybridized carbons (Fsp3) is 0.0667. The summed E-state index contributed by atoms with van der Waals surface area (Å²) in [5, 5.41) is 9.48. The van der Waals surface area contributed by atoms with Crippen LogP contribution < -0.4 is 0 Å². The topological polar surface area (TPSA) is 26.3 Å². The van der Waals surface area contributed by atoms with Crippen LogP contribution in [0.3, 0.4) is 0 Å². The Morgan fingerprint density at radius 3 is 1.85 bits per heavy atom. The fourth-order valence-corrected chi connectivity index (χ4v) is 8.71. The van der Waals surface area contributed by atoms with Gasteiger partial charge in [0, 0.05) is 32.0 Å². The number of hydrogen-bond acceptors (Lipinski definition) is 3. The minimum absolute atomic E-state index is 0.401. The van der Waals surface area contributed by atoms with Crippen molar-refractivity contribution in [3.63, 3.8) is 0 Å². The molecule has 3 heterocycles. The van der Waals surface area contributed by atoms with Crippen molar-refractivity contribution in [1.82, 2.24) is 0 Å². The molecule has 0 spiro atoms. The van der Waals surface area contributed by atoms with Crippen LogP contribution in [0.15, 0.2) is 148 Å². The van der Waals surface area contributed by atoms with Gasteiger partial charge in [-0.05, 0) is 79.9 Å². The summed E-state index contributed by atoms with van der Waals surface area (Å²) in [5.74, 6) is 1.33. The van der Waals surface area contributed by atoms with Gasteiger partial charge in [-0.3, -0.25) is 0 Å². The van der Waals surface area contributed by atoms with Crippen LogP contribution in [0, 0.1) is 0 Å². The van der Waals surface area contributed by atoms with Crippen molar-refractivity contribution in [2.24, 2.45) is 0 Å². The summed E-state index contributed by atoms with van der Waals surface area (Å²) in [6.07, 6.45) is 0. The van der Waals surface area contributed by atoms with E-state index in [0.717, 1.165) is 49.1 Å². The lowest BCUT2D eigenvalue weighted by atomic mass is 9.84. The third kappa shape index (κ3) is 3.98. The monoisotopic (exact) mass is 634 g/mol. The number of hydrogen-bond donors (Lipinski definition) is 0. The molecule has 0 amide bonds. The van der Waals surface area contributed by atoms with E-state index in [1.807, 2.05) is 6.07 Å². The first-order chi connectivity index (χ1) is 23.6. The Morgan fingerprint density at radius 1 is 0.479 bits per heavy atom. The van der Waals surface area contributed by atoms with Gasteiger partial charge in [-0.15, -0.1) is 11.3 Å². The first-order valence-corrected chi connectivity index (χ1v) is 17.4. The molecule has 2 nitrogen and oxygen atoms in total. The minimum Gasteiger partial charge on any atom is -0.456 e. The highest BCUT2D eigenvalue weighted by molar-refractivity contribution is 7.22. The molecule has 0 aliphatic carbocycles. The molecular formula is C45H30O2S. The molecule has 0 atom stereocenters. The van der Waals surface area contributed by atoms with E-state index in [0.29, 0.717) is 5.92 Å². The van der Waals surface area contributed by atoms with Crippen molar-refractivity contribution in [2.45, 2.75) is 19.8 Å². The van der Waals surface area contributed by atoms with Gasteiger partial charge >= 0.3 is 0 Å². The summed E-state index contributed by atoms with van der Waals surface area (Å²) < 4.78 is 14.6. The Balaban J connectivity index is 1.36. The van der Waals surface area contributed by atoms with E-state index in [2.05, 4.69) is 147 Å². The number of thiophene rings is 1. The van der Waals surface area contributed by atoms with Crippen LogP contribution in [0.1, 0.15) is 25.3 Å². The van der Waals surface area contributed by atoms with E-state index < -0.39 is 0 Å². The van der Waals surface area contributed by atoms with E-state index >= 15 is 0 Å². The SMILES string of the molecule is CC(C)c1ccc2c(-c3c4ccccc4c(-c4cccc5oc6ccccc6c45)c4ccccc34)c(-c3cc4ccccc4s3)oc2c1. The molecule has 0 radical (unpaired) electrons. The molecule has 0 bridgehead atoms. The molecule has 228 valence electrons. The lowest BCUT2D eigenvalue weighted by Crippen LogP contribution is -1.92. The average molecular weight is 635 g/mol. The Kier molecular flexibility index (Phi) is 5.97. The molecule has 0 unspecified atom stereocenters. The molecule has 0 N–H and O–H groups in total. The molecular weight excluding hydrogens is 605 g/mol. The molecule has 0 saturated heterocycles. The quantitative estimate of drug-likeness (QED) is 0.180. The number of fused-ring (bicyclic) bond motifs is 7. The summed E-state index contributed by atoms with van der Waals surface area (Å²) in [6, 6.07) is 50.3. The van der Waals surface area contributed by atoms with Gasteiger partial charge < -0.3 is 8.83 Å². The maximum atomic E-state index is 6.97. The van der Waals surface area contributed by atoms with Gasteiger partial charge in [-0.2, -0.15) is 0 Å². The predicted octanol–water partition coefficient (Wildman–Crippen LogP) is 14.0. The molecule has 0 aliphatic rings. The van der Waals surface area contributed by atoms with Crippen molar-refractivity contribution in [3.05, 3.63) is 145 Å². The van der Waals surface area contributed by atoms with Gasteiger partial charge in [0.25, 0.3) is 0 Å². The fourth-order valence-electron chi connectivity index (χ4n) is 7.66. The number of rotatable bonds is 4. The Morgan fingerprint density at radius 2 is 1.12 bits per heavy atom. The van der Waals surface area contributed by atoms with Crippen molar-refractivity contribution >= 4 is 75.9 Å². The zero-order valence-electron chi connectivity index (χ0n) is 26.6. The van der Waals surface area contributed by atoms with Gasteiger partial charge in [0.15, 0.2) is 5.76 Å². The molecule has 10 aromatic rings. The van der Waals surface area contributed by atoms with Gasteiger partial charge in [0.1, 0.15) is 16.7 Å². The minimum atomic E-state index is 0.401. The van der Waals surface area contributed by atoms with Crippen LogP contribution in [0.4, 0.5) is 0 Å². The molecule has 0 saturated carbocycles. The summed E-state index contributed by atoms with van der Waals surface area (Å²) >= 11 is 1.80. The lowest BCUT2D eigenvalue weighted by molar-refractivity contribution is 0.633. The summed E-state index contributed by atoms with van der Waals surface area (Å²) in [7, 11) is 0. The van der Waals surface area contributed by atoms with Crippen LogP contribution in [0.2, 0.25) is 0 Å². The first kappa shape index (κ1) is 27.5. The summed E-state index contributed by atoms with van der Waals surface area (Å²) in [4.78, 5) is 1.14. The molecule has 3 heteroatoms. The van der Waals surface area contributed by atoms with Crippen LogP contribution in [0.5, 0.6) is 0 Å². The third-order valence-corrected chi connectivity index (χ3v) is 11.0. The second kappa shape index (κ2) is 10.4. The van der Waals surface area contributed by atoms with Crippen LogP contribution in [0.25, 0.3) is 97.4 Å². The largest absolute Gasteiger partial charge is 0.456 e. The zero-order valence-corrected chi connectivity index (χ0v) is 27.4. The Bertz CT molecular complexity index is 2790. The Hall–Kier alpha value is -5.64. The molecule has 0 fully saturated rings. The maximum absolute atomic E-state index is 6.97. The first-order valence-electron chi connectivity index (χ1n) is 16.5. The Labute approximate surface area is 281 Å². The van der Waals surface area contributed by atoms with Crippen molar-refractivity contribution < 1.29 is 8.83 Å². The summed E-state index contributed by atoms with van der Waals surface area (Å²) in [6.45, 7) is 4.48. The van der Waals surface area contributed by atoms with Crippen LogP contribution >= 0.6 is 11.3 Å². The van der Waals surface area contributed by atoms with E-state index in [9.17, 15) is 0 Å². The van der Waals surface area contributed by atoms with E-state index in [1.165, 1.54) is 53.9 Å². The third-order valence-electron chi connectivity index (χ3n) is 9.88. The van der Waals surface area contributed by atoms with Crippen molar-refractivity contribution in [2.75, 3.05) is 0 Å². The molecule has 0 aliphatic heterocycles. The lowest BCUT2D eigenvalue weighted by Gasteiger charge is -2.18. The highest BCUT2D eigenvalue weighted by atomic mass is 32.1. The molecule has 10 rings (SSSR count). The molecule has 3 aromatic heterocycles. The van der Waals surface area contributed by atoms with Gasteiger partial charge in [-0.25, -0.2) is 0 Å². The van der Waals surface area contributed by atoms with E-state index in [-0.39, 0.29) is 0 Å². The molecule has 7 aromatic carbocycles. The zero-order chi connectivity index (χ0) is 31.9. The number of benzene rings is 7. The van der Waals surface area contributed by atoms with Gasteiger partial charge in [0.05, 0.1) is 4.88 Å². The second-order valence-corrected chi connectivity index (χ2v) is 14.1. The number of furan rings is 2. The van der Waals surface area contributed by atoms with Crippen molar-refractivity contribution in [3.8, 4) is 32.9 Å².